The molecule has 0 radical (unpaired) electrons. The molecular weight excluding hydrogens is 482 g/mol. The molecule has 0 spiro atoms. The lowest BCUT2D eigenvalue weighted by Gasteiger charge is -2.19. The molecule has 0 saturated heterocycles. The quantitative estimate of drug-likeness (QED) is 0.378. The van der Waals surface area contributed by atoms with Gasteiger partial charge in [0.2, 0.25) is 5.82 Å². The Balaban J connectivity index is 1.30. The highest BCUT2D eigenvalue weighted by molar-refractivity contribution is 7.92. The summed E-state index contributed by atoms with van der Waals surface area (Å²) >= 11 is 1.49. The van der Waals surface area contributed by atoms with Crippen LogP contribution in [-0.4, -0.2) is 37.7 Å². The van der Waals surface area contributed by atoms with Crippen molar-refractivity contribution in [1.82, 2.24) is 10.1 Å². The van der Waals surface area contributed by atoms with Crippen LogP contribution in [0.4, 0.5) is 5.69 Å². The highest BCUT2D eigenvalue weighted by Gasteiger charge is 2.22. The summed E-state index contributed by atoms with van der Waals surface area (Å²) in [5.74, 6) is 0.563. The third kappa shape index (κ3) is 4.58. The van der Waals surface area contributed by atoms with E-state index in [1.165, 1.54) is 41.7 Å². The normalized spacial score (nSPS) is 12.8. The number of aromatic nitrogens is 2. The van der Waals surface area contributed by atoms with Crippen LogP contribution >= 0.6 is 11.3 Å². The highest BCUT2D eigenvalue weighted by Crippen LogP contribution is 2.33. The molecule has 0 unspecified atom stereocenters. The molecule has 0 aliphatic carbocycles. The van der Waals surface area contributed by atoms with Gasteiger partial charge in [-0.25, -0.2) is 13.2 Å². The van der Waals surface area contributed by atoms with Crippen molar-refractivity contribution in [2.45, 2.75) is 11.5 Å². The van der Waals surface area contributed by atoms with E-state index in [0.29, 0.717) is 30.6 Å². The zero-order valence-electron chi connectivity index (χ0n) is 17.5. The zero-order valence-corrected chi connectivity index (χ0v) is 19.1. The van der Waals surface area contributed by atoms with Crippen LogP contribution in [0.1, 0.15) is 16.2 Å². The number of hydrogen-bond acceptors (Lipinski definition) is 10. The van der Waals surface area contributed by atoms with Gasteiger partial charge in [-0.3, -0.25) is 4.72 Å². The summed E-state index contributed by atoms with van der Waals surface area (Å²) in [6.45, 7) is 0.482. The van der Waals surface area contributed by atoms with Crippen molar-refractivity contribution >= 4 is 33.0 Å². The summed E-state index contributed by atoms with van der Waals surface area (Å²) in [6, 6.07) is 12.3. The molecule has 174 valence electrons. The van der Waals surface area contributed by atoms with E-state index in [9.17, 15) is 13.2 Å². The van der Waals surface area contributed by atoms with Gasteiger partial charge in [-0.2, -0.15) is 16.3 Å². The predicted octanol–water partition coefficient (Wildman–Crippen LogP) is 3.73. The van der Waals surface area contributed by atoms with Gasteiger partial charge in [0.25, 0.3) is 15.9 Å². The summed E-state index contributed by atoms with van der Waals surface area (Å²) in [5, 5.41) is 7.53. The minimum Gasteiger partial charge on any atom is -0.486 e. The molecule has 2 aromatic heterocycles. The van der Waals surface area contributed by atoms with Gasteiger partial charge in [0, 0.05) is 11.4 Å². The number of nitrogens with zero attached hydrogens (tertiary/aromatic N) is 2. The standard InChI is InChI=1S/C22H17N3O7S2/c26-22(31-12-20-23-21(32-24-20)14-7-10-33-13-14)16-3-1-2-4-17(16)25-34(27,28)15-5-6-18-19(11-15)30-9-8-29-18/h1-7,10-11,13,25H,8-9,12H2. The maximum atomic E-state index is 13.0. The van der Waals surface area contributed by atoms with Gasteiger partial charge in [-0.15, -0.1) is 0 Å². The van der Waals surface area contributed by atoms with Crippen LogP contribution < -0.4 is 14.2 Å². The van der Waals surface area contributed by atoms with E-state index in [-0.39, 0.29) is 28.6 Å². The topological polar surface area (TPSA) is 130 Å². The van der Waals surface area contributed by atoms with E-state index in [1.54, 1.807) is 12.1 Å². The number of fused-ring (bicyclic) bond motifs is 1. The Morgan fingerprint density at radius 1 is 1.09 bits per heavy atom. The van der Waals surface area contributed by atoms with Crippen molar-refractivity contribution in [2.75, 3.05) is 17.9 Å². The molecule has 10 nitrogen and oxygen atoms in total. The number of carbonyl (C=O) groups excluding carboxylic acids is 1. The van der Waals surface area contributed by atoms with Crippen LogP contribution in [0.15, 0.2) is 68.7 Å². The molecule has 3 heterocycles. The molecular formula is C22H17N3O7S2. The van der Waals surface area contributed by atoms with Gasteiger partial charge in [0.05, 0.1) is 21.7 Å². The molecule has 4 aromatic rings. The Bertz CT molecular complexity index is 1430. The fourth-order valence-electron chi connectivity index (χ4n) is 3.17. The number of hydrogen-bond donors (Lipinski definition) is 1. The van der Waals surface area contributed by atoms with E-state index in [4.69, 9.17) is 18.7 Å². The van der Waals surface area contributed by atoms with Gasteiger partial charge in [0.1, 0.15) is 13.2 Å². The number of sulfonamides is 1. The molecule has 1 aliphatic rings. The minimum absolute atomic E-state index is 0.0326. The number of benzene rings is 2. The van der Waals surface area contributed by atoms with Crippen molar-refractivity contribution in [3.63, 3.8) is 0 Å². The summed E-state index contributed by atoms with van der Waals surface area (Å²) in [5.41, 5.74) is 0.869. The first-order chi connectivity index (χ1) is 16.5. The second-order valence-electron chi connectivity index (χ2n) is 7.06. The number of rotatable bonds is 7. The molecule has 5 rings (SSSR count). The van der Waals surface area contributed by atoms with Gasteiger partial charge >= 0.3 is 5.97 Å². The van der Waals surface area contributed by atoms with Crippen LogP contribution in [0, 0.1) is 0 Å². The monoisotopic (exact) mass is 499 g/mol. The van der Waals surface area contributed by atoms with Crippen LogP contribution in [0.3, 0.4) is 0 Å². The molecule has 0 fully saturated rings. The fourth-order valence-corrected chi connectivity index (χ4v) is 4.89. The number of para-hydroxylation sites is 1. The largest absolute Gasteiger partial charge is 0.486 e. The number of thiophene rings is 1. The molecule has 1 aliphatic heterocycles. The average molecular weight is 500 g/mol. The number of ether oxygens (including phenoxy) is 3. The lowest BCUT2D eigenvalue weighted by molar-refractivity contribution is 0.0461. The summed E-state index contributed by atoms with van der Waals surface area (Å²) in [4.78, 5) is 16.9. The fraction of sp³-hybridized carbons (Fsp3) is 0.136. The van der Waals surface area contributed by atoms with Gasteiger partial charge in [0.15, 0.2) is 18.1 Å². The molecule has 0 atom stereocenters. The molecule has 12 heteroatoms. The second kappa shape index (κ2) is 9.15. The number of carbonyl (C=O) groups is 1. The van der Waals surface area contributed by atoms with Crippen molar-refractivity contribution in [3.05, 3.63) is 70.7 Å². The SMILES string of the molecule is O=C(OCc1noc(-c2ccsc2)n1)c1ccccc1NS(=O)(=O)c1ccc2c(c1)OCCO2. The first-order valence-electron chi connectivity index (χ1n) is 10.0. The predicted molar refractivity (Wildman–Crippen MR) is 121 cm³/mol. The third-order valence-electron chi connectivity index (χ3n) is 4.78. The van der Waals surface area contributed by atoms with Gasteiger partial charge in [-0.05, 0) is 35.7 Å². The van der Waals surface area contributed by atoms with Crippen molar-refractivity contribution in [2.24, 2.45) is 0 Å². The molecule has 0 amide bonds. The molecule has 2 aromatic carbocycles. The maximum Gasteiger partial charge on any atom is 0.340 e. The van der Waals surface area contributed by atoms with Crippen LogP contribution in [0.5, 0.6) is 11.5 Å². The van der Waals surface area contributed by atoms with Crippen molar-refractivity contribution in [3.8, 4) is 23.0 Å². The van der Waals surface area contributed by atoms with E-state index in [0.717, 1.165) is 5.56 Å². The molecule has 1 N–H and O–H groups in total. The lowest BCUT2D eigenvalue weighted by Crippen LogP contribution is -2.18. The van der Waals surface area contributed by atoms with E-state index in [2.05, 4.69) is 14.9 Å². The van der Waals surface area contributed by atoms with Crippen molar-refractivity contribution < 1.29 is 31.9 Å². The van der Waals surface area contributed by atoms with Crippen LogP contribution in [-0.2, 0) is 21.4 Å². The van der Waals surface area contributed by atoms with E-state index in [1.807, 2.05) is 16.8 Å². The Morgan fingerprint density at radius 3 is 2.74 bits per heavy atom. The highest BCUT2D eigenvalue weighted by atomic mass is 32.2. The Labute approximate surface area is 198 Å². The van der Waals surface area contributed by atoms with Crippen LogP contribution in [0.25, 0.3) is 11.5 Å². The second-order valence-corrected chi connectivity index (χ2v) is 9.52. The molecule has 34 heavy (non-hydrogen) atoms. The Kier molecular flexibility index (Phi) is 5.90. The maximum absolute atomic E-state index is 13.0. The zero-order chi connectivity index (χ0) is 23.5. The van der Waals surface area contributed by atoms with Gasteiger partial charge in [-0.1, -0.05) is 17.3 Å². The number of esters is 1. The first-order valence-corrected chi connectivity index (χ1v) is 12.5. The third-order valence-corrected chi connectivity index (χ3v) is 6.83. The summed E-state index contributed by atoms with van der Waals surface area (Å²) in [6.07, 6.45) is 0. The molecule has 0 bridgehead atoms. The first kappa shape index (κ1) is 21.9. The number of nitrogens with one attached hydrogen (secondary N) is 1. The smallest absolute Gasteiger partial charge is 0.340 e. The summed E-state index contributed by atoms with van der Waals surface area (Å²) < 4.78 is 49.7. The number of anilines is 1. The molecule has 0 saturated carbocycles. The average Bonchev–Trinajstić information content (AvgIpc) is 3.54. The Hall–Kier alpha value is -3.90. The van der Waals surface area contributed by atoms with Gasteiger partial charge < -0.3 is 18.7 Å². The Morgan fingerprint density at radius 2 is 1.91 bits per heavy atom. The summed E-state index contributed by atoms with van der Waals surface area (Å²) in [7, 11) is -4.02. The van der Waals surface area contributed by atoms with Crippen molar-refractivity contribution in [1.29, 1.82) is 0 Å². The van der Waals surface area contributed by atoms with E-state index < -0.39 is 16.0 Å². The van der Waals surface area contributed by atoms with E-state index >= 15 is 0 Å². The van der Waals surface area contributed by atoms with Crippen LogP contribution in [0.2, 0.25) is 0 Å². The lowest BCUT2D eigenvalue weighted by atomic mass is 10.2. The minimum atomic E-state index is -4.02.